The summed E-state index contributed by atoms with van der Waals surface area (Å²) < 4.78 is 29.8. The molecule has 0 unspecified atom stereocenters. The first kappa shape index (κ1) is 20.5. The van der Waals surface area contributed by atoms with Crippen LogP contribution in [-0.2, 0) is 36.9 Å². The predicted molar refractivity (Wildman–Crippen MR) is 109 cm³/mol. The van der Waals surface area contributed by atoms with Crippen LogP contribution in [0.15, 0.2) is 60.7 Å². The molecule has 0 aliphatic carbocycles. The molecule has 2 fully saturated rings. The van der Waals surface area contributed by atoms with E-state index >= 15 is 0 Å². The van der Waals surface area contributed by atoms with Crippen LogP contribution in [0.1, 0.15) is 31.4 Å². The molecule has 2 aliphatic rings. The number of hydrogen-bond donors (Lipinski definition) is 0. The normalized spacial score (nSPS) is 26.3. The number of rotatable bonds is 10. The molecule has 4 rings (SSSR count). The van der Waals surface area contributed by atoms with E-state index in [0.29, 0.717) is 26.4 Å². The summed E-state index contributed by atoms with van der Waals surface area (Å²) in [6.07, 6.45) is 0.858. The summed E-state index contributed by atoms with van der Waals surface area (Å²) in [4.78, 5) is 0. The monoisotopic (exact) mass is 398 g/mol. The molecular weight excluding hydrogens is 368 g/mol. The highest BCUT2D eigenvalue weighted by atomic mass is 16.7. The fourth-order valence-electron chi connectivity index (χ4n) is 3.63. The summed E-state index contributed by atoms with van der Waals surface area (Å²) in [5.74, 6) is -0.568. The number of epoxide rings is 1. The molecule has 5 heteroatoms. The van der Waals surface area contributed by atoms with Gasteiger partial charge < -0.3 is 23.7 Å². The van der Waals surface area contributed by atoms with Crippen molar-refractivity contribution < 1.29 is 23.7 Å². The maximum atomic E-state index is 6.25. The molecule has 5 nitrogen and oxygen atoms in total. The van der Waals surface area contributed by atoms with E-state index in [9.17, 15) is 0 Å². The Kier molecular flexibility index (Phi) is 6.63. The highest BCUT2D eigenvalue weighted by Gasteiger charge is 2.45. The van der Waals surface area contributed by atoms with E-state index in [1.54, 1.807) is 0 Å². The van der Waals surface area contributed by atoms with Gasteiger partial charge in [0.2, 0.25) is 0 Å². The molecule has 0 aromatic heterocycles. The lowest BCUT2D eigenvalue weighted by Crippen LogP contribution is -2.34. The zero-order valence-corrected chi connectivity index (χ0v) is 17.2. The van der Waals surface area contributed by atoms with Crippen LogP contribution in [0.25, 0.3) is 0 Å². The number of ether oxygens (including phenoxy) is 5. The van der Waals surface area contributed by atoms with Crippen molar-refractivity contribution in [3.8, 4) is 0 Å². The van der Waals surface area contributed by atoms with Crippen molar-refractivity contribution >= 4 is 0 Å². The topological polar surface area (TPSA) is 49.5 Å². The molecule has 4 atom stereocenters. The van der Waals surface area contributed by atoms with Crippen LogP contribution in [0.2, 0.25) is 0 Å². The average Bonchev–Trinajstić information content (AvgIpc) is 3.37. The maximum Gasteiger partial charge on any atom is 0.163 e. The molecule has 0 bridgehead atoms. The maximum absolute atomic E-state index is 6.25. The van der Waals surface area contributed by atoms with Gasteiger partial charge in [0.05, 0.1) is 38.6 Å². The van der Waals surface area contributed by atoms with E-state index in [1.807, 2.05) is 50.2 Å². The second-order valence-electron chi connectivity index (χ2n) is 8.15. The third-order valence-electron chi connectivity index (χ3n) is 5.30. The summed E-state index contributed by atoms with van der Waals surface area (Å²) in [7, 11) is 0. The van der Waals surface area contributed by atoms with E-state index in [4.69, 9.17) is 23.7 Å². The lowest BCUT2D eigenvalue weighted by molar-refractivity contribution is -0.159. The summed E-state index contributed by atoms with van der Waals surface area (Å²) in [5.41, 5.74) is 2.32. The van der Waals surface area contributed by atoms with Gasteiger partial charge in [-0.15, -0.1) is 0 Å². The van der Waals surface area contributed by atoms with Crippen molar-refractivity contribution in [2.24, 2.45) is 0 Å². The van der Waals surface area contributed by atoms with Gasteiger partial charge in [-0.1, -0.05) is 60.7 Å². The van der Waals surface area contributed by atoms with Gasteiger partial charge in [-0.3, -0.25) is 0 Å². The molecule has 0 amide bonds. The Labute approximate surface area is 172 Å². The zero-order chi connectivity index (χ0) is 20.1. The van der Waals surface area contributed by atoms with Gasteiger partial charge in [0, 0.05) is 6.42 Å². The molecule has 2 heterocycles. The van der Waals surface area contributed by atoms with Crippen LogP contribution in [0.4, 0.5) is 0 Å². The minimum absolute atomic E-state index is 0.0823. The van der Waals surface area contributed by atoms with Crippen LogP contribution in [-0.4, -0.2) is 43.4 Å². The fourth-order valence-corrected chi connectivity index (χ4v) is 3.63. The predicted octanol–water partition coefficient (Wildman–Crippen LogP) is 4.10. The third-order valence-corrected chi connectivity index (χ3v) is 5.30. The molecule has 2 aromatic carbocycles. The molecule has 0 N–H and O–H groups in total. The summed E-state index contributed by atoms with van der Waals surface area (Å²) in [5, 5.41) is 0. The molecule has 2 saturated heterocycles. The Hall–Kier alpha value is -1.76. The number of benzene rings is 2. The van der Waals surface area contributed by atoms with Gasteiger partial charge >= 0.3 is 0 Å². The Bertz CT molecular complexity index is 748. The molecule has 0 spiro atoms. The SMILES string of the molecule is CC1(C)OC[C@H]([C@H](C[C@H]2O[C@@H]2COCc2ccccc2)OCc2ccccc2)O1. The van der Waals surface area contributed by atoms with E-state index in [0.717, 1.165) is 12.0 Å². The minimum atomic E-state index is -0.568. The second-order valence-corrected chi connectivity index (χ2v) is 8.15. The van der Waals surface area contributed by atoms with E-state index in [2.05, 4.69) is 24.3 Å². The van der Waals surface area contributed by atoms with Crippen LogP contribution in [0, 0.1) is 0 Å². The quantitative estimate of drug-likeness (QED) is 0.564. The van der Waals surface area contributed by atoms with Crippen LogP contribution in [0.5, 0.6) is 0 Å². The van der Waals surface area contributed by atoms with Crippen LogP contribution < -0.4 is 0 Å². The van der Waals surface area contributed by atoms with Crippen molar-refractivity contribution in [3.63, 3.8) is 0 Å². The van der Waals surface area contributed by atoms with Gasteiger partial charge in [-0.2, -0.15) is 0 Å². The standard InChI is InChI=1S/C24H30O5/c1-24(2)27-17-23(29-24)20(26-15-19-11-7-4-8-12-19)13-21-22(28-21)16-25-14-18-9-5-3-6-10-18/h3-12,20-23H,13-17H2,1-2H3/t20-,21+,22+,23+/m0/s1. The van der Waals surface area contributed by atoms with E-state index in [-0.39, 0.29) is 24.4 Å². The lowest BCUT2D eigenvalue weighted by atomic mass is 10.1. The molecular formula is C24H30O5. The van der Waals surface area contributed by atoms with Crippen LogP contribution in [0.3, 0.4) is 0 Å². The average molecular weight is 398 g/mol. The minimum Gasteiger partial charge on any atom is -0.374 e. The molecule has 0 radical (unpaired) electrons. The van der Waals surface area contributed by atoms with Gasteiger partial charge in [-0.25, -0.2) is 0 Å². The Morgan fingerprint density at radius 1 is 0.931 bits per heavy atom. The highest BCUT2D eigenvalue weighted by molar-refractivity contribution is 5.14. The van der Waals surface area contributed by atoms with Gasteiger partial charge in [0.25, 0.3) is 0 Å². The molecule has 29 heavy (non-hydrogen) atoms. The van der Waals surface area contributed by atoms with Gasteiger partial charge in [0.15, 0.2) is 5.79 Å². The van der Waals surface area contributed by atoms with Crippen molar-refractivity contribution in [2.75, 3.05) is 13.2 Å². The number of hydrogen-bond acceptors (Lipinski definition) is 5. The lowest BCUT2D eigenvalue weighted by Gasteiger charge is -2.24. The van der Waals surface area contributed by atoms with Gasteiger partial charge in [0.1, 0.15) is 12.2 Å². The largest absolute Gasteiger partial charge is 0.374 e. The third kappa shape index (κ3) is 6.11. The molecule has 0 saturated carbocycles. The smallest absolute Gasteiger partial charge is 0.163 e. The first-order chi connectivity index (χ1) is 14.1. The second kappa shape index (κ2) is 9.37. The Morgan fingerprint density at radius 2 is 1.59 bits per heavy atom. The fraction of sp³-hybridized carbons (Fsp3) is 0.500. The first-order valence-electron chi connectivity index (χ1n) is 10.3. The Balaban J connectivity index is 1.26. The molecule has 2 aromatic rings. The molecule has 2 aliphatic heterocycles. The van der Waals surface area contributed by atoms with Crippen molar-refractivity contribution in [1.82, 2.24) is 0 Å². The van der Waals surface area contributed by atoms with Crippen molar-refractivity contribution in [2.45, 2.75) is 63.7 Å². The summed E-state index contributed by atoms with van der Waals surface area (Å²) in [6.45, 7) is 6.17. The molecule has 156 valence electrons. The van der Waals surface area contributed by atoms with Gasteiger partial charge in [-0.05, 0) is 25.0 Å². The summed E-state index contributed by atoms with van der Waals surface area (Å²) >= 11 is 0. The van der Waals surface area contributed by atoms with E-state index in [1.165, 1.54) is 5.56 Å². The van der Waals surface area contributed by atoms with E-state index < -0.39 is 5.79 Å². The summed E-state index contributed by atoms with van der Waals surface area (Å²) in [6, 6.07) is 20.4. The van der Waals surface area contributed by atoms with Crippen LogP contribution >= 0.6 is 0 Å². The zero-order valence-electron chi connectivity index (χ0n) is 17.2. The Morgan fingerprint density at radius 3 is 2.21 bits per heavy atom. The highest BCUT2D eigenvalue weighted by Crippen LogP contribution is 2.33. The first-order valence-corrected chi connectivity index (χ1v) is 10.3. The van der Waals surface area contributed by atoms with Crippen molar-refractivity contribution in [3.05, 3.63) is 71.8 Å². The van der Waals surface area contributed by atoms with Crippen molar-refractivity contribution in [1.29, 1.82) is 0 Å².